The molecule has 1 aliphatic rings. The molecule has 2 aromatic rings. The second-order valence-corrected chi connectivity index (χ2v) is 6.05. The van der Waals surface area contributed by atoms with Crippen molar-refractivity contribution < 1.29 is 0 Å². The van der Waals surface area contributed by atoms with E-state index in [1.807, 2.05) is 12.4 Å². The first-order chi connectivity index (χ1) is 9.17. The summed E-state index contributed by atoms with van der Waals surface area (Å²) in [6.45, 7) is 5.56. The van der Waals surface area contributed by atoms with Crippen LogP contribution < -0.4 is 5.32 Å². The Bertz CT molecular complexity index is 543. The normalized spacial score (nSPS) is 21.1. The molecule has 0 saturated carbocycles. The predicted molar refractivity (Wildman–Crippen MR) is 76.9 cm³/mol. The molecular formula is C16H21N3. The van der Waals surface area contributed by atoms with Crippen LogP contribution in [0.2, 0.25) is 0 Å². The molecule has 3 nitrogen and oxygen atoms in total. The molecule has 0 aliphatic heterocycles. The first-order valence-corrected chi connectivity index (χ1v) is 6.97. The lowest BCUT2D eigenvalue weighted by molar-refractivity contribution is 0.357. The molecule has 3 heteroatoms. The molecule has 1 unspecified atom stereocenters. The minimum absolute atomic E-state index is 0.296. The Hall–Kier alpha value is -1.61. The number of hydrogen-bond acceptors (Lipinski definition) is 2. The van der Waals surface area contributed by atoms with Crippen LogP contribution in [0, 0.1) is 0 Å². The van der Waals surface area contributed by atoms with Crippen LogP contribution in [0.3, 0.4) is 0 Å². The van der Waals surface area contributed by atoms with E-state index in [4.69, 9.17) is 0 Å². The van der Waals surface area contributed by atoms with Crippen molar-refractivity contribution in [2.45, 2.75) is 44.7 Å². The molecule has 1 aromatic carbocycles. The van der Waals surface area contributed by atoms with Gasteiger partial charge in [0, 0.05) is 24.3 Å². The van der Waals surface area contributed by atoms with Gasteiger partial charge >= 0.3 is 0 Å². The molecule has 0 bridgehead atoms. The predicted octanol–water partition coefficient (Wildman–Crippen LogP) is 3.31. The van der Waals surface area contributed by atoms with E-state index in [0.29, 0.717) is 11.5 Å². The van der Waals surface area contributed by atoms with E-state index in [9.17, 15) is 0 Å². The Morgan fingerprint density at radius 1 is 1.37 bits per heavy atom. The second-order valence-electron chi connectivity index (χ2n) is 6.05. The fraction of sp³-hybridized carbons (Fsp3) is 0.438. The zero-order valence-electron chi connectivity index (χ0n) is 11.6. The summed E-state index contributed by atoms with van der Waals surface area (Å²) in [5.74, 6) is 0. The molecule has 1 aliphatic carbocycles. The summed E-state index contributed by atoms with van der Waals surface area (Å²) in [6.07, 6.45) is 6.26. The lowest BCUT2D eigenvalue weighted by Crippen LogP contribution is -2.32. The zero-order valence-corrected chi connectivity index (χ0v) is 11.6. The monoisotopic (exact) mass is 255 g/mol. The highest BCUT2D eigenvalue weighted by Crippen LogP contribution is 2.41. The lowest BCUT2D eigenvalue weighted by atomic mass is 9.71. The van der Waals surface area contributed by atoms with Crippen LogP contribution in [0.15, 0.2) is 36.7 Å². The summed E-state index contributed by atoms with van der Waals surface area (Å²) in [6, 6.07) is 9.30. The van der Waals surface area contributed by atoms with Gasteiger partial charge in [-0.05, 0) is 29.4 Å². The average molecular weight is 255 g/mol. The summed E-state index contributed by atoms with van der Waals surface area (Å²) in [5, 5.41) is 10.5. The Morgan fingerprint density at radius 2 is 2.21 bits per heavy atom. The number of nitrogens with one attached hydrogen (secondary N) is 2. The third kappa shape index (κ3) is 2.43. The van der Waals surface area contributed by atoms with Gasteiger partial charge in [-0.2, -0.15) is 5.10 Å². The third-order valence-electron chi connectivity index (χ3n) is 4.23. The largest absolute Gasteiger partial charge is 0.306 e. The highest BCUT2D eigenvalue weighted by atomic mass is 15.1. The van der Waals surface area contributed by atoms with Gasteiger partial charge < -0.3 is 5.32 Å². The van der Waals surface area contributed by atoms with Crippen LogP contribution in [-0.2, 0) is 12.0 Å². The van der Waals surface area contributed by atoms with Gasteiger partial charge in [0.05, 0.1) is 6.20 Å². The van der Waals surface area contributed by atoms with E-state index in [1.165, 1.54) is 29.5 Å². The molecule has 0 saturated heterocycles. The molecule has 1 heterocycles. The fourth-order valence-electron chi connectivity index (χ4n) is 3.04. The van der Waals surface area contributed by atoms with Crippen LogP contribution in [0.4, 0.5) is 0 Å². The van der Waals surface area contributed by atoms with E-state index >= 15 is 0 Å². The number of hydrogen-bond donors (Lipinski definition) is 2. The molecule has 0 spiro atoms. The molecule has 0 amide bonds. The Balaban J connectivity index is 1.80. The fourth-order valence-corrected chi connectivity index (χ4v) is 3.04. The van der Waals surface area contributed by atoms with Crippen molar-refractivity contribution in [2.75, 3.05) is 0 Å². The van der Waals surface area contributed by atoms with Crippen LogP contribution in [-0.4, -0.2) is 10.2 Å². The topological polar surface area (TPSA) is 40.7 Å². The van der Waals surface area contributed by atoms with E-state index in [-0.39, 0.29) is 0 Å². The van der Waals surface area contributed by atoms with Crippen molar-refractivity contribution in [1.29, 1.82) is 0 Å². The van der Waals surface area contributed by atoms with E-state index < -0.39 is 0 Å². The first kappa shape index (κ1) is 12.4. The molecule has 0 radical (unpaired) electrons. The number of fused-ring (bicyclic) bond motifs is 1. The number of rotatable bonds is 3. The van der Waals surface area contributed by atoms with Crippen molar-refractivity contribution in [3.63, 3.8) is 0 Å². The smallest absolute Gasteiger partial charge is 0.0532 e. The van der Waals surface area contributed by atoms with Crippen LogP contribution >= 0.6 is 0 Å². The van der Waals surface area contributed by atoms with E-state index in [1.54, 1.807) is 0 Å². The van der Waals surface area contributed by atoms with Gasteiger partial charge in [0.1, 0.15) is 0 Å². The number of benzene rings is 1. The SMILES string of the molecule is CC1(C)CCC(NCc2cn[nH]c2)c2ccccc21. The summed E-state index contributed by atoms with van der Waals surface area (Å²) in [4.78, 5) is 0. The molecule has 2 N–H and O–H groups in total. The molecule has 0 fully saturated rings. The highest BCUT2D eigenvalue weighted by molar-refractivity contribution is 5.38. The van der Waals surface area contributed by atoms with Crippen LogP contribution in [0.5, 0.6) is 0 Å². The minimum atomic E-state index is 0.296. The maximum Gasteiger partial charge on any atom is 0.0532 e. The van der Waals surface area contributed by atoms with Crippen molar-refractivity contribution in [1.82, 2.24) is 15.5 Å². The number of aromatic amines is 1. The lowest BCUT2D eigenvalue weighted by Gasteiger charge is -2.37. The molecular weight excluding hydrogens is 234 g/mol. The van der Waals surface area contributed by atoms with Crippen molar-refractivity contribution in [3.8, 4) is 0 Å². The molecule has 1 atom stereocenters. The summed E-state index contributed by atoms with van der Waals surface area (Å²) < 4.78 is 0. The minimum Gasteiger partial charge on any atom is -0.306 e. The summed E-state index contributed by atoms with van der Waals surface area (Å²) >= 11 is 0. The average Bonchev–Trinajstić information content (AvgIpc) is 2.91. The Labute approximate surface area is 114 Å². The summed E-state index contributed by atoms with van der Waals surface area (Å²) in [5.41, 5.74) is 4.46. The first-order valence-electron chi connectivity index (χ1n) is 6.97. The third-order valence-corrected chi connectivity index (χ3v) is 4.23. The summed E-state index contributed by atoms with van der Waals surface area (Å²) in [7, 11) is 0. The molecule has 1 aromatic heterocycles. The van der Waals surface area contributed by atoms with E-state index in [2.05, 4.69) is 53.6 Å². The van der Waals surface area contributed by atoms with Crippen LogP contribution in [0.25, 0.3) is 0 Å². The van der Waals surface area contributed by atoms with Crippen molar-refractivity contribution in [2.24, 2.45) is 0 Å². The van der Waals surface area contributed by atoms with Crippen molar-refractivity contribution in [3.05, 3.63) is 53.3 Å². The van der Waals surface area contributed by atoms with Crippen molar-refractivity contribution >= 4 is 0 Å². The number of H-pyrrole nitrogens is 1. The standard InChI is InChI=1S/C16H21N3/c1-16(2)8-7-15(13-5-3-4-6-14(13)16)17-9-12-10-18-19-11-12/h3-6,10-11,15,17H,7-9H2,1-2H3,(H,18,19). The van der Waals surface area contributed by atoms with Gasteiger partial charge in [0.25, 0.3) is 0 Å². The second kappa shape index (κ2) is 4.82. The molecule has 100 valence electrons. The molecule has 19 heavy (non-hydrogen) atoms. The zero-order chi connectivity index (χ0) is 13.3. The van der Waals surface area contributed by atoms with Gasteiger partial charge in [0.15, 0.2) is 0 Å². The van der Waals surface area contributed by atoms with Gasteiger partial charge in [0.2, 0.25) is 0 Å². The van der Waals surface area contributed by atoms with Crippen LogP contribution in [0.1, 0.15) is 49.4 Å². The van der Waals surface area contributed by atoms with Gasteiger partial charge in [-0.15, -0.1) is 0 Å². The van der Waals surface area contributed by atoms with Gasteiger partial charge in [-0.1, -0.05) is 38.1 Å². The highest BCUT2D eigenvalue weighted by Gasteiger charge is 2.31. The maximum absolute atomic E-state index is 3.99. The molecule has 3 rings (SSSR count). The van der Waals surface area contributed by atoms with E-state index in [0.717, 1.165) is 6.54 Å². The van der Waals surface area contributed by atoms with Gasteiger partial charge in [-0.3, -0.25) is 5.10 Å². The van der Waals surface area contributed by atoms with Gasteiger partial charge in [-0.25, -0.2) is 0 Å². The maximum atomic E-state index is 3.99. The quantitative estimate of drug-likeness (QED) is 0.883. The Kier molecular flexibility index (Phi) is 3.15. The number of nitrogens with zero attached hydrogens (tertiary/aromatic N) is 1. The Morgan fingerprint density at radius 3 is 3.00 bits per heavy atom. The number of aromatic nitrogens is 2.